The maximum Gasteiger partial charge on any atom is 0.289 e. The number of nitrogens with one attached hydrogen (secondary N) is 2. The maximum absolute atomic E-state index is 13.0. The fourth-order valence-electron chi connectivity index (χ4n) is 2.87. The van der Waals surface area contributed by atoms with Gasteiger partial charge in [0.2, 0.25) is 11.8 Å². The van der Waals surface area contributed by atoms with Crippen molar-refractivity contribution in [3.05, 3.63) is 69.2 Å². The second-order valence-corrected chi connectivity index (χ2v) is 7.27. The first-order valence-corrected chi connectivity index (χ1v) is 9.36. The van der Waals surface area contributed by atoms with E-state index >= 15 is 0 Å². The van der Waals surface area contributed by atoms with Crippen LogP contribution in [0.4, 0.5) is 11.4 Å². The van der Waals surface area contributed by atoms with E-state index in [4.69, 9.17) is 11.6 Å². The van der Waals surface area contributed by atoms with Gasteiger partial charge in [0.05, 0.1) is 11.5 Å². The lowest BCUT2D eigenvalue weighted by molar-refractivity contribution is -0.384. The molecule has 0 saturated heterocycles. The van der Waals surface area contributed by atoms with Crippen molar-refractivity contribution < 1.29 is 14.5 Å². The van der Waals surface area contributed by atoms with Crippen LogP contribution in [-0.2, 0) is 9.59 Å². The molecule has 2 rings (SSSR count). The molecular weight excluding hydrogens is 396 g/mol. The normalized spacial score (nSPS) is 11.9. The van der Waals surface area contributed by atoms with E-state index in [-0.39, 0.29) is 34.9 Å². The molecular formula is C20H23ClN4O4. The molecule has 0 aromatic heterocycles. The average molecular weight is 419 g/mol. The molecule has 154 valence electrons. The molecule has 8 nitrogen and oxygen atoms in total. The number of carbonyl (C=O) groups excluding carboxylic acids is 2. The maximum atomic E-state index is 13.0. The predicted octanol–water partition coefficient (Wildman–Crippen LogP) is 3.38. The molecule has 0 spiro atoms. The van der Waals surface area contributed by atoms with Gasteiger partial charge in [-0.3, -0.25) is 24.6 Å². The minimum absolute atomic E-state index is 0.00588. The van der Waals surface area contributed by atoms with Crippen molar-refractivity contribution in [2.45, 2.75) is 25.9 Å². The molecule has 0 aliphatic carbocycles. The predicted molar refractivity (Wildman–Crippen MR) is 112 cm³/mol. The van der Waals surface area contributed by atoms with Crippen LogP contribution >= 0.6 is 11.6 Å². The summed E-state index contributed by atoms with van der Waals surface area (Å²) in [7, 11) is 1.67. The zero-order chi connectivity index (χ0) is 21.6. The number of likely N-dealkylation sites (N-methyl/N-ethyl adjacent to an activating group) is 1. The van der Waals surface area contributed by atoms with Crippen LogP contribution in [0.5, 0.6) is 0 Å². The highest BCUT2D eigenvalue weighted by Crippen LogP contribution is 2.28. The highest BCUT2D eigenvalue weighted by atomic mass is 35.5. The van der Waals surface area contributed by atoms with Gasteiger partial charge in [-0.25, -0.2) is 0 Å². The van der Waals surface area contributed by atoms with Crippen molar-refractivity contribution in [1.29, 1.82) is 0 Å². The second kappa shape index (κ2) is 9.99. The Morgan fingerprint density at radius 3 is 2.41 bits per heavy atom. The van der Waals surface area contributed by atoms with Gasteiger partial charge in [-0.05, 0) is 38.6 Å². The number of rotatable bonds is 8. The molecule has 2 N–H and O–H groups in total. The Morgan fingerprint density at radius 2 is 1.83 bits per heavy atom. The van der Waals surface area contributed by atoms with Gasteiger partial charge in [0.25, 0.3) is 5.69 Å². The highest BCUT2D eigenvalue weighted by Gasteiger charge is 2.27. The molecule has 2 aromatic carbocycles. The third-order valence-corrected chi connectivity index (χ3v) is 4.38. The molecule has 2 aromatic rings. The number of benzene rings is 2. The molecule has 29 heavy (non-hydrogen) atoms. The molecule has 0 radical (unpaired) electrons. The van der Waals surface area contributed by atoms with Gasteiger partial charge in [-0.1, -0.05) is 41.9 Å². The van der Waals surface area contributed by atoms with Gasteiger partial charge >= 0.3 is 0 Å². The smallest absolute Gasteiger partial charge is 0.289 e. The lowest BCUT2D eigenvalue weighted by atomic mass is 10.0. The number of nitro benzene ring substituents is 1. The second-order valence-electron chi connectivity index (χ2n) is 6.86. The first-order chi connectivity index (χ1) is 13.7. The summed E-state index contributed by atoms with van der Waals surface area (Å²) in [4.78, 5) is 37.3. The first kappa shape index (κ1) is 22.3. The van der Waals surface area contributed by atoms with Crippen molar-refractivity contribution in [2.24, 2.45) is 0 Å². The Kier molecular flexibility index (Phi) is 7.69. The van der Waals surface area contributed by atoms with Crippen LogP contribution in [0.15, 0.2) is 48.5 Å². The SMILES string of the molecule is CC(C)NC(=O)CN(C)[C@H](C(=O)Nc1ccc(Cl)c([N+](=O)[O-])c1)c1ccccc1. The summed E-state index contributed by atoms with van der Waals surface area (Å²) in [6.45, 7) is 3.71. The largest absolute Gasteiger partial charge is 0.353 e. The van der Waals surface area contributed by atoms with Crippen LogP contribution in [0.1, 0.15) is 25.5 Å². The summed E-state index contributed by atoms with van der Waals surface area (Å²) < 4.78 is 0. The van der Waals surface area contributed by atoms with Crippen molar-refractivity contribution in [1.82, 2.24) is 10.2 Å². The van der Waals surface area contributed by atoms with Crippen LogP contribution in [0.3, 0.4) is 0 Å². The molecule has 0 aliphatic rings. The van der Waals surface area contributed by atoms with E-state index in [0.29, 0.717) is 5.56 Å². The minimum Gasteiger partial charge on any atom is -0.353 e. The number of hydrogen-bond donors (Lipinski definition) is 2. The number of halogens is 1. The number of nitrogens with zero attached hydrogens (tertiary/aromatic N) is 2. The summed E-state index contributed by atoms with van der Waals surface area (Å²) in [5, 5.41) is 16.5. The Bertz CT molecular complexity index is 889. The van der Waals surface area contributed by atoms with Crippen LogP contribution in [0.2, 0.25) is 5.02 Å². The van der Waals surface area contributed by atoms with Crippen molar-refractivity contribution in [3.63, 3.8) is 0 Å². The number of anilines is 1. The summed E-state index contributed by atoms with van der Waals surface area (Å²) in [6.07, 6.45) is 0. The number of hydrogen-bond acceptors (Lipinski definition) is 5. The van der Waals surface area contributed by atoms with Gasteiger partial charge in [0.1, 0.15) is 11.1 Å². The quantitative estimate of drug-likeness (QED) is 0.505. The summed E-state index contributed by atoms with van der Waals surface area (Å²) in [5.74, 6) is -0.633. The Balaban J connectivity index is 2.27. The van der Waals surface area contributed by atoms with Crippen molar-refractivity contribution in [3.8, 4) is 0 Å². The third-order valence-electron chi connectivity index (χ3n) is 4.06. The van der Waals surface area contributed by atoms with E-state index in [1.165, 1.54) is 18.2 Å². The molecule has 2 amide bonds. The van der Waals surface area contributed by atoms with Gasteiger partial charge in [-0.15, -0.1) is 0 Å². The monoisotopic (exact) mass is 418 g/mol. The Hall–Kier alpha value is -2.97. The van der Waals surface area contributed by atoms with Crippen molar-refractivity contribution in [2.75, 3.05) is 18.9 Å². The topological polar surface area (TPSA) is 105 Å². The molecule has 0 bridgehead atoms. The van der Waals surface area contributed by atoms with E-state index in [1.54, 1.807) is 36.2 Å². The molecule has 1 atom stereocenters. The zero-order valence-electron chi connectivity index (χ0n) is 16.4. The van der Waals surface area contributed by atoms with Crippen LogP contribution in [-0.4, -0.2) is 41.3 Å². The van der Waals surface area contributed by atoms with E-state index in [1.807, 2.05) is 19.9 Å². The van der Waals surface area contributed by atoms with E-state index in [9.17, 15) is 19.7 Å². The van der Waals surface area contributed by atoms with E-state index in [2.05, 4.69) is 10.6 Å². The van der Waals surface area contributed by atoms with Gasteiger partial charge in [0, 0.05) is 17.8 Å². The van der Waals surface area contributed by atoms with Gasteiger partial charge in [-0.2, -0.15) is 0 Å². The molecule has 9 heteroatoms. The van der Waals surface area contributed by atoms with Crippen LogP contribution < -0.4 is 10.6 Å². The number of nitro groups is 1. The fourth-order valence-corrected chi connectivity index (χ4v) is 3.05. The Morgan fingerprint density at radius 1 is 1.17 bits per heavy atom. The van der Waals surface area contributed by atoms with Crippen molar-refractivity contribution >= 4 is 34.8 Å². The van der Waals surface area contributed by atoms with E-state index < -0.39 is 16.9 Å². The first-order valence-electron chi connectivity index (χ1n) is 8.98. The Labute approximate surface area is 174 Å². The summed E-state index contributed by atoms with van der Waals surface area (Å²) in [5.41, 5.74) is 0.630. The lowest BCUT2D eigenvalue weighted by Gasteiger charge is -2.27. The fraction of sp³-hybridized carbons (Fsp3) is 0.300. The molecule has 0 saturated carbocycles. The minimum atomic E-state index is -0.774. The number of carbonyl (C=O) groups is 2. The van der Waals surface area contributed by atoms with Crippen LogP contribution in [0, 0.1) is 10.1 Å². The molecule has 0 heterocycles. The van der Waals surface area contributed by atoms with Gasteiger partial charge in [0.15, 0.2) is 0 Å². The standard InChI is InChI=1S/C20H23ClN4O4/c1-13(2)22-18(26)12-24(3)19(14-7-5-4-6-8-14)20(27)23-15-9-10-16(21)17(11-15)25(28)29/h4-11,13,19H,12H2,1-3H3,(H,22,26)(H,23,27)/t19-/m0/s1. The third kappa shape index (κ3) is 6.27. The molecule has 0 fully saturated rings. The summed E-state index contributed by atoms with van der Waals surface area (Å²) in [6, 6.07) is 12.2. The van der Waals surface area contributed by atoms with Gasteiger partial charge < -0.3 is 10.6 Å². The average Bonchev–Trinajstić information content (AvgIpc) is 2.63. The highest BCUT2D eigenvalue weighted by molar-refractivity contribution is 6.32. The van der Waals surface area contributed by atoms with E-state index in [0.717, 1.165) is 0 Å². The molecule has 0 aliphatic heterocycles. The van der Waals surface area contributed by atoms with Crippen LogP contribution in [0.25, 0.3) is 0 Å². The summed E-state index contributed by atoms with van der Waals surface area (Å²) >= 11 is 5.83. The lowest BCUT2D eigenvalue weighted by Crippen LogP contribution is -2.43. The zero-order valence-corrected chi connectivity index (χ0v) is 17.1. The molecule has 0 unspecified atom stereocenters. The number of amides is 2.